The Balaban J connectivity index is 1.46. The number of thiazole rings is 1. The molecule has 0 radical (unpaired) electrons. The second-order valence-corrected chi connectivity index (χ2v) is 7.00. The number of likely N-dealkylation sites (tertiary alicyclic amines) is 2. The lowest BCUT2D eigenvalue weighted by molar-refractivity contribution is -0.144. The third-order valence-electron chi connectivity index (χ3n) is 4.41. The number of aromatic nitrogens is 2. The lowest BCUT2D eigenvalue weighted by atomic mass is 10.1. The number of aryl methyl sites for hydroxylation is 1. The van der Waals surface area contributed by atoms with E-state index in [-0.39, 0.29) is 36.6 Å². The second-order valence-electron chi connectivity index (χ2n) is 6.02. The summed E-state index contributed by atoms with van der Waals surface area (Å²) in [5.74, 6) is -0.333. The fourth-order valence-electron chi connectivity index (χ4n) is 3.08. The van der Waals surface area contributed by atoms with Gasteiger partial charge in [-0.2, -0.15) is 0 Å². The van der Waals surface area contributed by atoms with E-state index < -0.39 is 0 Å². The van der Waals surface area contributed by atoms with Crippen molar-refractivity contribution < 1.29 is 14.4 Å². The third-order valence-corrected chi connectivity index (χ3v) is 5.57. The molecule has 0 aromatic carbocycles. The van der Waals surface area contributed by atoms with Gasteiger partial charge in [0.25, 0.3) is 5.91 Å². The van der Waals surface area contributed by atoms with Crippen molar-refractivity contribution in [3.05, 3.63) is 35.1 Å². The summed E-state index contributed by atoms with van der Waals surface area (Å²) >= 11 is 1.35. The summed E-state index contributed by atoms with van der Waals surface area (Å²) in [7, 11) is 0. The van der Waals surface area contributed by atoms with Crippen LogP contribution in [0.25, 0.3) is 5.13 Å². The highest BCUT2D eigenvalue weighted by atomic mass is 32.1. The molecule has 2 aromatic rings. The molecule has 4 rings (SSSR count). The summed E-state index contributed by atoms with van der Waals surface area (Å²) < 4.78 is 1.87. The largest absolute Gasteiger partial charge is 0.334 e. The van der Waals surface area contributed by atoms with Gasteiger partial charge in [0.2, 0.25) is 11.8 Å². The molecule has 24 heavy (non-hydrogen) atoms. The van der Waals surface area contributed by atoms with Crippen molar-refractivity contribution >= 4 is 29.1 Å². The molecule has 0 aliphatic carbocycles. The summed E-state index contributed by atoms with van der Waals surface area (Å²) in [6.45, 7) is 2.64. The first-order valence-corrected chi connectivity index (χ1v) is 8.61. The third kappa shape index (κ3) is 2.34. The van der Waals surface area contributed by atoms with E-state index in [0.717, 1.165) is 5.13 Å². The minimum absolute atomic E-state index is 0.0845. The molecular weight excluding hydrogens is 328 g/mol. The minimum Gasteiger partial charge on any atom is -0.334 e. The van der Waals surface area contributed by atoms with E-state index in [1.807, 2.05) is 36.0 Å². The standard InChI is InChI=1S/C16H16N4O3S/c1-10-14(24-16(17-10)18-6-2-3-7-18)15(23)19-8-11(9-19)20-12(21)4-5-13(20)22/h2-3,6-7,11H,4-5,8-9H2,1H3. The Kier molecular flexibility index (Phi) is 3.49. The van der Waals surface area contributed by atoms with Gasteiger partial charge in [-0.3, -0.25) is 19.3 Å². The van der Waals surface area contributed by atoms with E-state index in [4.69, 9.17) is 0 Å². The van der Waals surface area contributed by atoms with Crippen molar-refractivity contribution in [1.82, 2.24) is 19.4 Å². The van der Waals surface area contributed by atoms with Crippen molar-refractivity contribution in [3.8, 4) is 5.13 Å². The fraction of sp³-hybridized carbons (Fsp3) is 0.375. The highest BCUT2D eigenvalue weighted by molar-refractivity contribution is 7.16. The van der Waals surface area contributed by atoms with E-state index in [0.29, 0.717) is 23.7 Å². The van der Waals surface area contributed by atoms with Gasteiger partial charge in [0.1, 0.15) is 4.88 Å². The number of imide groups is 1. The second kappa shape index (κ2) is 5.55. The maximum atomic E-state index is 12.7. The SMILES string of the molecule is Cc1nc(-n2cccc2)sc1C(=O)N1CC(N2C(=O)CCC2=O)C1. The van der Waals surface area contributed by atoms with Crippen molar-refractivity contribution in [2.24, 2.45) is 0 Å². The van der Waals surface area contributed by atoms with Crippen LogP contribution in [0, 0.1) is 6.92 Å². The van der Waals surface area contributed by atoms with Crippen LogP contribution in [-0.4, -0.2) is 56.2 Å². The molecule has 0 saturated carbocycles. The quantitative estimate of drug-likeness (QED) is 0.785. The highest BCUT2D eigenvalue weighted by Gasteiger charge is 2.43. The molecule has 3 amide bonds. The molecule has 8 heteroatoms. The topological polar surface area (TPSA) is 75.5 Å². The first kappa shape index (κ1) is 15.1. The van der Waals surface area contributed by atoms with E-state index in [2.05, 4.69) is 4.98 Å². The Bertz CT molecular complexity index is 805. The molecule has 2 saturated heterocycles. The van der Waals surface area contributed by atoms with Crippen molar-refractivity contribution in [2.45, 2.75) is 25.8 Å². The van der Waals surface area contributed by atoms with E-state index in [1.165, 1.54) is 16.2 Å². The number of rotatable bonds is 3. The van der Waals surface area contributed by atoms with Gasteiger partial charge in [-0.25, -0.2) is 4.98 Å². The smallest absolute Gasteiger partial charge is 0.266 e. The van der Waals surface area contributed by atoms with Crippen LogP contribution in [0.15, 0.2) is 24.5 Å². The van der Waals surface area contributed by atoms with Crippen LogP contribution < -0.4 is 0 Å². The molecule has 2 aliphatic heterocycles. The Morgan fingerprint density at radius 3 is 2.42 bits per heavy atom. The number of carbonyl (C=O) groups excluding carboxylic acids is 3. The molecule has 0 bridgehead atoms. The molecule has 4 heterocycles. The zero-order valence-corrected chi connectivity index (χ0v) is 14.0. The number of hydrogen-bond acceptors (Lipinski definition) is 5. The Hall–Kier alpha value is -2.48. The van der Waals surface area contributed by atoms with Gasteiger partial charge in [0.15, 0.2) is 5.13 Å². The molecule has 2 fully saturated rings. The van der Waals surface area contributed by atoms with Gasteiger partial charge >= 0.3 is 0 Å². The molecule has 0 atom stereocenters. The van der Waals surface area contributed by atoms with E-state index in [9.17, 15) is 14.4 Å². The molecule has 124 valence electrons. The zero-order chi connectivity index (χ0) is 16.8. The predicted octanol–water partition coefficient (Wildman–Crippen LogP) is 1.22. The summed E-state index contributed by atoms with van der Waals surface area (Å²) in [5, 5.41) is 0.753. The fourth-order valence-corrected chi connectivity index (χ4v) is 4.08. The molecule has 2 aromatic heterocycles. The number of carbonyl (C=O) groups is 3. The highest BCUT2D eigenvalue weighted by Crippen LogP contribution is 2.28. The normalized spacial score (nSPS) is 18.4. The lowest BCUT2D eigenvalue weighted by Gasteiger charge is -2.42. The Morgan fingerprint density at radius 1 is 1.17 bits per heavy atom. The van der Waals surface area contributed by atoms with Crippen LogP contribution in [0.2, 0.25) is 0 Å². The number of nitrogens with zero attached hydrogens (tertiary/aromatic N) is 4. The maximum Gasteiger partial charge on any atom is 0.266 e. The van der Waals surface area contributed by atoms with Gasteiger partial charge in [-0.05, 0) is 19.1 Å². The summed E-state index contributed by atoms with van der Waals surface area (Å²) in [4.78, 5) is 44.2. The van der Waals surface area contributed by atoms with Crippen LogP contribution in [0.5, 0.6) is 0 Å². The van der Waals surface area contributed by atoms with E-state index >= 15 is 0 Å². The first-order valence-electron chi connectivity index (χ1n) is 7.79. The van der Waals surface area contributed by atoms with Crippen molar-refractivity contribution in [3.63, 3.8) is 0 Å². The average molecular weight is 344 g/mol. The van der Waals surface area contributed by atoms with Gasteiger partial charge in [-0.15, -0.1) is 0 Å². The van der Waals surface area contributed by atoms with Crippen molar-refractivity contribution in [1.29, 1.82) is 0 Å². The molecule has 2 aliphatic rings. The van der Waals surface area contributed by atoms with Crippen LogP contribution in [-0.2, 0) is 9.59 Å². The maximum absolute atomic E-state index is 12.7. The predicted molar refractivity (Wildman–Crippen MR) is 87.0 cm³/mol. The summed E-state index contributed by atoms with van der Waals surface area (Å²) in [5.41, 5.74) is 0.700. The van der Waals surface area contributed by atoms with Gasteiger partial charge in [0.05, 0.1) is 11.7 Å². The molecular formula is C16H16N4O3S. The van der Waals surface area contributed by atoms with Gasteiger partial charge in [0, 0.05) is 38.3 Å². The molecule has 0 unspecified atom stereocenters. The average Bonchev–Trinajstić information content (AvgIpc) is 3.21. The summed E-state index contributed by atoms with van der Waals surface area (Å²) in [6.07, 6.45) is 4.35. The monoisotopic (exact) mass is 344 g/mol. The van der Waals surface area contributed by atoms with E-state index in [1.54, 1.807) is 4.90 Å². The Labute approximate surface area is 142 Å². The summed E-state index contributed by atoms with van der Waals surface area (Å²) in [6, 6.07) is 3.64. The molecule has 7 nitrogen and oxygen atoms in total. The van der Waals surface area contributed by atoms with Crippen LogP contribution in [0.1, 0.15) is 28.2 Å². The van der Waals surface area contributed by atoms with Gasteiger partial charge < -0.3 is 9.47 Å². The van der Waals surface area contributed by atoms with Crippen LogP contribution in [0.4, 0.5) is 0 Å². The molecule has 0 N–H and O–H groups in total. The van der Waals surface area contributed by atoms with Crippen molar-refractivity contribution in [2.75, 3.05) is 13.1 Å². The lowest BCUT2D eigenvalue weighted by Crippen LogP contribution is -2.62. The zero-order valence-electron chi connectivity index (χ0n) is 13.1. The number of hydrogen-bond donors (Lipinski definition) is 0. The van der Waals surface area contributed by atoms with Gasteiger partial charge in [-0.1, -0.05) is 11.3 Å². The Morgan fingerprint density at radius 2 is 1.79 bits per heavy atom. The number of amides is 3. The minimum atomic E-state index is -0.173. The van der Waals surface area contributed by atoms with Crippen LogP contribution >= 0.6 is 11.3 Å². The molecule has 0 spiro atoms. The van der Waals surface area contributed by atoms with Crippen LogP contribution in [0.3, 0.4) is 0 Å². The first-order chi connectivity index (χ1) is 11.5.